The fourth-order valence-corrected chi connectivity index (χ4v) is 3.78. The van der Waals surface area contributed by atoms with Gasteiger partial charge >= 0.3 is 0 Å². The van der Waals surface area contributed by atoms with E-state index in [0.717, 1.165) is 16.0 Å². The Morgan fingerprint density at radius 3 is 2.58 bits per heavy atom. The van der Waals surface area contributed by atoms with E-state index in [4.69, 9.17) is 0 Å². The smallest absolute Gasteiger partial charge is 0.260 e. The molecule has 1 aromatic carbocycles. The topological polar surface area (TPSA) is 71.5 Å². The molecule has 3 heterocycles. The van der Waals surface area contributed by atoms with Crippen LogP contribution in [0.25, 0.3) is 32.9 Å². The number of H-pyrrole nitrogens is 1. The number of benzene rings is 1. The van der Waals surface area contributed by atoms with E-state index in [1.54, 1.807) is 18.6 Å². The molecule has 0 bridgehead atoms. The molecule has 3 aromatic heterocycles. The summed E-state index contributed by atoms with van der Waals surface area (Å²) in [7, 11) is 0. The number of rotatable bonds is 2. The van der Waals surface area contributed by atoms with E-state index in [2.05, 4.69) is 19.9 Å². The molecule has 0 aliphatic rings. The molecule has 4 rings (SSSR count). The lowest BCUT2D eigenvalue weighted by molar-refractivity contribution is 1.12. The third-order valence-electron chi connectivity index (χ3n) is 3.88. The Hall–Kier alpha value is -2.86. The van der Waals surface area contributed by atoms with Crippen molar-refractivity contribution in [3.05, 3.63) is 63.7 Å². The van der Waals surface area contributed by atoms with Gasteiger partial charge in [0.1, 0.15) is 10.5 Å². The van der Waals surface area contributed by atoms with E-state index in [9.17, 15) is 4.79 Å². The summed E-state index contributed by atoms with van der Waals surface area (Å²) in [4.78, 5) is 30.2. The normalized spacial score (nSPS) is 11.1. The number of hydrogen-bond donors (Lipinski definition) is 1. The number of nitrogens with one attached hydrogen (secondary N) is 1. The number of aryl methyl sites for hydroxylation is 2. The van der Waals surface area contributed by atoms with Gasteiger partial charge < -0.3 is 4.98 Å². The Morgan fingerprint density at radius 1 is 1.08 bits per heavy atom. The Bertz CT molecular complexity index is 1080. The Balaban J connectivity index is 1.97. The van der Waals surface area contributed by atoms with Gasteiger partial charge in [0.2, 0.25) is 0 Å². The van der Waals surface area contributed by atoms with Gasteiger partial charge in [0.05, 0.1) is 11.6 Å². The zero-order chi connectivity index (χ0) is 16.7. The van der Waals surface area contributed by atoms with Crippen LogP contribution >= 0.6 is 11.3 Å². The van der Waals surface area contributed by atoms with Crippen molar-refractivity contribution < 1.29 is 0 Å². The lowest BCUT2D eigenvalue weighted by Crippen LogP contribution is -2.09. The summed E-state index contributed by atoms with van der Waals surface area (Å²) in [6.07, 6.45) is 4.76. The molecule has 0 fully saturated rings. The SMILES string of the molecule is Cc1ccc(-c2c(C)sc3nc(-c4cnccn4)[nH]c(=O)c23)cc1. The van der Waals surface area contributed by atoms with Crippen LogP contribution in [0.2, 0.25) is 0 Å². The van der Waals surface area contributed by atoms with Crippen LogP contribution in [-0.2, 0) is 0 Å². The first-order valence-corrected chi connectivity index (χ1v) is 8.32. The molecule has 6 heteroatoms. The molecule has 0 radical (unpaired) electrons. The van der Waals surface area contributed by atoms with Crippen LogP contribution in [-0.4, -0.2) is 19.9 Å². The minimum Gasteiger partial charge on any atom is -0.305 e. The predicted octanol–water partition coefficient (Wildman–Crippen LogP) is 3.73. The summed E-state index contributed by atoms with van der Waals surface area (Å²) in [6, 6.07) is 8.18. The van der Waals surface area contributed by atoms with Crippen LogP contribution in [0.3, 0.4) is 0 Å². The summed E-state index contributed by atoms with van der Waals surface area (Å²) >= 11 is 1.52. The van der Waals surface area contributed by atoms with Gasteiger partial charge in [-0.3, -0.25) is 9.78 Å². The number of aromatic nitrogens is 4. The molecule has 0 saturated heterocycles. The first-order valence-electron chi connectivity index (χ1n) is 7.50. The maximum Gasteiger partial charge on any atom is 0.260 e. The van der Waals surface area contributed by atoms with Crippen molar-refractivity contribution in [3.63, 3.8) is 0 Å². The molecule has 0 unspecified atom stereocenters. The van der Waals surface area contributed by atoms with Crippen LogP contribution in [0, 0.1) is 13.8 Å². The van der Waals surface area contributed by atoms with E-state index in [1.807, 2.05) is 38.1 Å². The zero-order valence-corrected chi connectivity index (χ0v) is 14.0. The fraction of sp³-hybridized carbons (Fsp3) is 0.111. The molecule has 24 heavy (non-hydrogen) atoms. The maximum atomic E-state index is 12.7. The van der Waals surface area contributed by atoms with Crippen molar-refractivity contribution in [2.45, 2.75) is 13.8 Å². The standard InChI is InChI=1S/C18H14N4OS/c1-10-3-5-12(6-4-10)14-11(2)24-18-15(14)17(23)21-16(22-18)13-9-19-7-8-20-13/h3-9H,1-2H3,(H,21,22,23). The van der Waals surface area contributed by atoms with Crippen molar-refractivity contribution in [3.8, 4) is 22.6 Å². The molecule has 0 spiro atoms. The minimum absolute atomic E-state index is 0.152. The third-order valence-corrected chi connectivity index (χ3v) is 4.88. The van der Waals surface area contributed by atoms with Crippen LogP contribution < -0.4 is 5.56 Å². The van der Waals surface area contributed by atoms with Crippen LogP contribution in [0.1, 0.15) is 10.4 Å². The minimum atomic E-state index is -0.152. The first kappa shape index (κ1) is 14.7. The molecule has 118 valence electrons. The van der Waals surface area contributed by atoms with Gasteiger partial charge in [-0.25, -0.2) is 9.97 Å². The average Bonchev–Trinajstić information content (AvgIpc) is 2.93. The Morgan fingerprint density at radius 2 is 1.88 bits per heavy atom. The Kier molecular flexibility index (Phi) is 3.46. The van der Waals surface area contributed by atoms with Crippen LogP contribution in [0.4, 0.5) is 0 Å². The molecule has 1 N–H and O–H groups in total. The highest BCUT2D eigenvalue weighted by Crippen LogP contribution is 2.36. The molecule has 0 amide bonds. The van der Waals surface area contributed by atoms with Crippen molar-refractivity contribution >= 4 is 21.6 Å². The quantitative estimate of drug-likeness (QED) is 0.606. The number of thiophene rings is 1. The van der Waals surface area contributed by atoms with Gasteiger partial charge in [-0.15, -0.1) is 11.3 Å². The molecule has 0 aliphatic carbocycles. The Labute approximate surface area is 142 Å². The van der Waals surface area contributed by atoms with Gasteiger partial charge in [-0.1, -0.05) is 29.8 Å². The summed E-state index contributed by atoms with van der Waals surface area (Å²) in [5, 5.41) is 0.633. The van der Waals surface area contributed by atoms with Gasteiger partial charge in [-0.2, -0.15) is 0 Å². The second-order valence-electron chi connectivity index (χ2n) is 5.58. The second kappa shape index (κ2) is 5.65. The average molecular weight is 334 g/mol. The number of aromatic amines is 1. The molecular weight excluding hydrogens is 320 g/mol. The summed E-state index contributed by atoms with van der Waals surface area (Å²) in [5.74, 6) is 0.442. The van der Waals surface area contributed by atoms with E-state index in [1.165, 1.54) is 16.9 Å². The second-order valence-corrected chi connectivity index (χ2v) is 6.79. The monoisotopic (exact) mass is 334 g/mol. The van der Waals surface area contributed by atoms with Crippen molar-refractivity contribution in [1.82, 2.24) is 19.9 Å². The number of hydrogen-bond acceptors (Lipinski definition) is 5. The van der Waals surface area contributed by atoms with Crippen molar-refractivity contribution in [1.29, 1.82) is 0 Å². The fourth-order valence-electron chi connectivity index (χ4n) is 2.73. The first-order chi connectivity index (χ1) is 11.6. The molecule has 0 aliphatic heterocycles. The van der Waals surface area contributed by atoms with E-state index in [0.29, 0.717) is 21.7 Å². The van der Waals surface area contributed by atoms with Crippen molar-refractivity contribution in [2.75, 3.05) is 0 Å². The summed E-state index contributed by atoms with van der Waals surface area (Å²) in [5.41, 5.74) is 3.58. The molecule has 0 saturated carbocycles. The van der Waals surface area contributed by atoms with E-state index in [-0.39, 0.29) is 5.56 Å². The highest BCUT2D eigenvalue weighted by Gasteiger charge is 2.17. The maximum absolute atomic E-state index is 12.7. The highest BCUT2D eigenvalue weighted by atomic mass is 32.1. The van der Waals surface area contributed by atoms with E-state index >= 15 is 0 Å². The molecule has 0 atom stereocenters. The summed E-state index contributed by atoms with van der Waals surface area (Å²) < 4.78 is 0. The number of nitrogens with zero attached hydrogens (tertiary/aromatic N) is 3. The molecule has 4 aromatic rings. The summed E-state index contributed by atoms with van der Waals surface area (Å²) in [6.45, 7) is 4.06. The van der Waals surface area contributed by atoms with Gasteiger partial charge in [0.15, 0.2) is 5.82 Å². The molecule has 5 nitrogen and oxygen atoms in total. The van der Waals surface area contributed by atoms with Gasteiger partial charge in [-0.05, 0) is 19.4 Å². The number of fused-ring (bicyclic) bond motifs is 1. The molecular formula is C18H14N4OS. The van der Waals surface area contributed by atoms with Crippen LogP contribution in [0.5, 0.6) is 0 Å². The zero-order valence-electron chi connectivity index (χ0n) is 13.2. The predicted molar refractivity (Wildman–Crippen MR) is 96.2 cm³/mol. The van der Waals surface area contributed by atoms with Crippen molar-refractivity contribution in [2.24, 2.45) is 0 Å². The highest BCUT2D eigenvalue weighted by molar-refractivity contribution is 7.19. The van der Waals surface area contributed by atoms with Gasteiger partial charge in [0.25, 0.3) is 5.56 Å². The largest absolute Gasteiger partial charge is 0.305 e. The van der Waals surface area contributed by atoms with E-state index < -0.39 is 0 Å². The third kappa shape index (κ3) is 2.41. The van der Waals surface area contributed by atoms with Gasteiger partial charge in [0, 0.05) is 22.8 Å². The lowest BCUT2D eigenvalue weighted by Gasteiger charge is -2.03. The van der Waals surface area contributed by atoms with Crippen LogP contribution in [0.15, 0.2) is 47.7 Å². The lowest BCUT2D eigenvalue weighted by atomic mass is 10.0.